The first-order chi connectivity index (χ1) is 10.8. The van der Waals surface area contributed by atoms with E-state index in [1.807, 2.05) is 27.0 Å². The molecule has 0 amide bonds. The highest BCUT2D eigenvalue weighted by Crippen LogP contribution is 2.39. The molecule has 0 bridgehead atoms. The Morgan fingerprint density at radius 1 is 1.27 bits per heavy atom. The number of hydrogen-bond acceptors (Lipinski definition) is 4. The van der Waals surface area contributed by atoms with Crippen LogP contribution in [0.4, 0.5) is 5.69 Å². The van der Waals surface area contributed by atoms with E-state index in [1.54, 1.807) is 0 Å². The van der Waals surface area contributed by atoms with E-state index >= 15 is 0 Å². The lowest BCUT2D eigenvalue weighted by Gasteiger charge is -2.47. The van der Waals surface area contributed by atoms with Gasteiger partial charge in [-0.25, -0.2) is 0 Å². The molecule has 1 aromatic rings. The summed E-state index contributed by atoms with van der Waals surface area (Å²) in [7, 11) is 1.90. The third kappa shape index (κ3) is 3.50. The van der Waals surface area contributed by atoms with Crippen molar-refractivity contribution >= 4 is 12.0 Å². The number of benzene rings is 1. The van der Waals surface area contributed by atoms with Crippen molar-refractivity contribution in [1.29, 1.82) is 0 Å². The van der Waals surface area contributed by atoms with E-state index in [0.717, 1.165) is 50.3 Å². The number of nitrogens with one attached hydrogen (secondary N) is 1. The van der Waals surface area contributed by atoms with Crippen LogP contribution in [0.3, 0.4) is 0 Å². The fourth-order valence-electron chi connectivity index (χ4n) is 3.16. The Balaban J connectivity index is 0.000000847. The summed E-state index contributed by atoms with van der Waals surface area (Å²) in [6.45, 7) is 8.72. The Hall–Kier alpha value is -1.39. The number of carbonyl (C=O) groups excluding carboxylic acids is 1. The van der Waals surface area contributed by atoms with Gasteiger partial charge in [-0.1, -0.05) is 19.9 Å². The second-order valence-corrected chi connectivity index (χ2v) is 6.01. The Morgan fingerprint density at radius 3 is 2.45 bits per heavy atom. The van der Waals surface area contributed by atoms with Crippen LogP contribution >= 0.6 is 0 Å². The van der Waals surface area contributed by atoms with E-state index in [1.165, 1.54) is 18.5 Å². The monoisotopic (exact) mass is 304 g/mol. The van der Waals surface area contributed by atoms with Crippen LogP contribution in [0.15, 0.2) is 18.2 Å². The fraction of sp³-hybridized carbons (Fsp3) is 0.611. The number of carbonyl (C=O) groups is 1. The van der Waals surface area contributed by atoms with Crippen molar-refractivity contribution in [3.05, 3.63) is 29.3 Å². The van der Waals surface area contributed by atoms with E-state index in [2.05, 4.69) is 22.3 Å². The summed E-state index contributed by atoms with van der Waals surface area (Å²) < 4.78 is 5.36. The van der Waals surface area contributed by atoms with Gasteiger partial charge in [-0.15, -0.1) is 0 Å². The third-order valence-electron chi connectivity index (χ3n) is 4.63. The molecule has 0 aromatic heterocycles. The summed E-state index contributed by atoms with van der Waals surface area (Å²) in [5, 5.41) is 3.10. The molecule has 0 radical (unpaired) electrons. The number of hydrogen-bond donors (Lipinski definition) is 1. The van der Waals surface area contributed by atoms with Crippen LogP contribution in [-0.4, -0.2) is 39.6 Å². The van der Waals surface area contributed by atoms with Gasteiger partial charge < -0.3 is 15.0 Å². The Morgan fingerprint density at radius 2 is 1.95 bits per heavy atom. The molecule has 0 aliphatic carbocycles. The smallest absolute Gasteiger partial charge is 0.150 e. The predicted molar refractivity (Wildman–Crippen MR) is 90.6 cm³/mol. The highest BCUT2D eigenvalue weighted by atomic mass is 16.5. The van der Waals surface area contributed by atoms with Gasteiger partial charge in [-0.3, -0.25) is 4.79 Å². The first-order valence-corrected chi connectivity index (χ1v) is 8.32. The largest absolute Gasteiger partial charge is 0.380 e. The molecule has 4 nitrogen and oxygen atoms in total. The molecule has 2 saturated heterocycles. The summed E-state index contributed by atoms with van der Waals surface area (Å²) >= 11 is 0. The first kappa shape index (κ1) is 17.0. The van der Waals surface area contributed by atoms with Crippen molar-refractivity contribution < 1.29 is 9.53 Å². The Bertz CT molecular complexity index is 488. The van der Waals surface area contributed by atoms with Crippen LogP contribution in [0.25, 0.3) is 0 Å². The molecule has 0 saturated carbocycles. The molecule has 1 spiro atoms. The molecule has 2 heterocycles. The molecule has 122 valence electrons. The van der Waals surface area contributed by atoms with Crippen molar-refractivity contribution in [1.82, 2.24) is 5.32 Å². The highest BCUT2D eigenvalue weighted by molar-refractivity contribution is 5.79. The van der Waals surface area contributed by atoms with Crippen molar-refractivity contribution in [3.8, 4) is 0 Å². The maximum atomic E-state index is 11.2. The molecule has 1 aromatic carbocycles. The van der Waals surface area contributed by atoms with Crippen LogP contribution in [0, 0.1) is 5.41 Å². The molecule has 22 heavy (non-hydrogen) atoms. The summed E-state index contributed by atoms with van der Waals surface area (Å²) in [4.78, 5) is 13.6. The maximum Gasteiger partial charge on any atom is 0.150 e. The van der Waals surface area contributed by atoms with Crippen molar-refractivity contribution in [2.45, 2.75) is 33.2 Å². The van der Waals surface area contributed by atoms with Crippen molar-refractivity contribution in [3.63, 3.8) is 0 Å². The van der Waals surface area contributed by atoms with Gasteiger partial charge in [0.05, 0.1) is 13.2 Å². The minimum Gasteiger partial charge on any atom is -0.380 e. The number of ether oxygens (including phenoxy) is 1. The second kappa shape index (κ2) is 7.75. The fourth-order valence-corrected chi connectivity index (χ4v) is 3.16. The molecular weight excluding hydrogens is 276 g/mol. The number of nitrogens with zero attached hydrogens (tertiary/aromatic N) is 1. The summed E-state index contributed by atoms with van der Waals surface area (Å²) in [5.74, 6) is 0. The molecule has 0 atom stereocenters. The molecule has 2 aliphatic rings. The molecule has 0 unspecified atom stereocenters. The van der Waals surface area contributed by atoms with E-state index in [0.29, 0.717) is 5.41 Å². The second-order valence-electron chi connectivity index (χ2n) is 6.01. The topological polar surface area (TPSA) is 41.6 Å². The van der Waals surface area contributed by atoms with Gasteiger partial charge in [0.2, 0.25) is 0 Å². The predicted octanol–water partition coefficient (Wildman–Crippen LogP) is 2.86. The van der Waals surface area contributed by atoms with Gasteiger partial charge >= 0.3 is 0 Å². The zero-order valence-electron chi connectivity index (χ0n) is 14.0. The number of rotatable bonds is 4. The zero-order chi connectivity index (χ0) is 16.0. The Kier molecular flexibility index (Phi) is 5.98. The van der Waals surface area contributed by atoms with E-state index < -0.39 is 0 Å². The average Bonchev–Trinajstić information content (AvgIpc) is 2.56. The van der Waals surface area contributed by atoms with E-state index in [9.17, 15) is 4.79 Å². The lowest BCUT2D eigenvalue weighted by atomic mass is 9.77. The Labute approximate surface area is 133 Å². The lowest BCUT2D eigenvalue weighted by molar-refractivity contribution is -0.124. The van der Waals surface area contributed by atoms with E-state index in [-0.39, 0.29) is 0 Å². The standard InChI is InChI=1S/C16H22N2O2.C2H6/c1-17-9-13-2-3-15(8-14(13)10-19)18-6-4-16(5-7-18)11-20-12-16;1-2/h2-3,8,10,17H,4-7,9,11-12H2,1H3;1-2H3. The quantitative estimate of drug-likeness (QED) is 0.869. The normalized spacial score (nSPS) is 19.1. The van der Waals surface area contributed by atoms with Gasteiger partial charge in [0.25, 0.3) is 0 Å². The SMILES string of the molecule is CC.CNCc1ccc(N2CCC3(CC2)COC3)cc1C=O. The van der Waals surface area contributed by atoms with Crippen LogP contribution in [-0.2, 0) is 11.3 Å². The van der Waals surface area contributed by atoms with Crippen LogP contribution < -0.4 is 10.2 Å². The van der Waals surface area contributed by atoms with Gasteiger partial charge in [0.15, 0.2) is 0 Å². The van der Waals surface area contributed by atoms with Crippen LogP contribution in [0.2, 0.25) is 0 Å². The van der Waals surface area contributed by atoms with Gasteiger partial charge in [0.1, 0.15) is 6.29 Å². The molecule has 3 rings (SSSR count). The third-order valence-corrected chi connectivity index (χ3v) is 4.63. The molecule has 2 aliphatic heterocycles. The zero-order valence-corrected chi connectivity index (χ0v) is 14.0. The van der Waals surface area contributed by atoms with Gasteiger partial charge in [0, 0.05) is 36.3 Å². The van der Waals surface area contributed by atoms with Crippen LogP contribution in [0.5, 0.6) is 0 Å². The summed E-state index contributed by atoms with van der Waals surface area (Å²) in [5.41, 5.74) is 3.48. The van der Waals surface area contributed by atoms with E-state index in [4.69, 9.17) is 4.74 Å². The van der Waals surface area contributed by atoms with Gasteiger partial charge in [-0.05, 0) is 37.6 Å². The van der Waals surface area contributed by atoms with Crippen LogP contribution in [0.1, 0.15) is 42.6 Å². The van der Waals surface area contributed by atoms with Gasteiger partial charge in [-0.2, -0.15) is 0 Å². The molecule has 2 fully saturated rings. The minimum absolute atomic E-state index is 0.454. The summed E-state index contributed by atoms with van der Waals surface area (Å²) in [6.07, 6.45) is 3.35. The van der Waals surface area contributed by atoms with Crippen molar-refractivity contribution in [2.24, 2.45) is 5.41 Å². The summed E-state index contributed by atoms with van der Waals surface area (Å²) in [6, 6.07) is 6.22. The molecular formula is C18H28N2O2. The number of anilines is 1. The molecule has 1 N–H and O–H groups in total. The maximum absolute atomic E-state index is 11.2. The first-order valence-electron chi connectivity index (χ1n) is 8.32. The number of aldehydes is 1. The average molecular weight is 304 g/mol. The number of piperidine rings is 1. The lowest BCUT2D eigenvalue weighted by Crippen LogP contribution is -2.50. The van der Waals surface area contributed by atoms with Crippen molar-refractivity contribution in [2.75, 3.05) is 38.3 Å². The molecule has 4 heteroatoms. The highest BCUT2D eigenvalue weighted by Gasteiger charge is 2.41. The minimum atomic E-state index is 0.454.